The summed E-state index contributed by atoms with van der Waals surface area (Å²) in [7, 11) is 2.20. The van der Waals surface area contributed by atoms with E-state index in [1.54, 1.807) is 18.0 Å². The minimum absolute atomic E-state index is 0.0157. The van der Waals surface area contributed by atoms with Crippen molar-refractivity contribution in [3.05, 3.63) is 48.4 Å². The predicted octanol–water partition coefficient (Wildman–Crippen LogP) is 4.27. The smallest absolute Gasteiger partial charge is 0.321 e. The Bertz CT molecular complexity index is 732. The van der Waals surface area contributed by atoms with Gasteiger partial charge in [0.1, 0.15) is 5.76 Å². The third-order valence-corrected chi connectivity index (χ3v) is 6.54. The number of anilines is 1. The zero-order valence-electron chi connectivity index (χ0n) is 15.1. The van der Waals surface area contributed by atoms with E-state index in [0.717, 1.165) is 41.6 Å². The second kappa shape index (κ2) is 7.76. The quantitative estimate of drug-likeness (QED) is 0.816. The molecule has 0 saturated carbocycles. The molecule has 6 heteroatoms. The third kappa shape index (κ3) is 3.91. The van der Waals surface area contributed by atoms with Gasteiger partial charge < -0.3 is 14.6 Å². The van der Waals surface area contributed by atoms with Crippen molar-refractivity contribution < 1.29 is 9.21 Å². The van der Waals surface area contributed by atoms with Crippen molar-refractivity contribution in [1.82, 2.24) is 9.80 Å². The lowest BCUT2D eigenvalue weighted by molar-refractivity contribution is 0.200. The van der Waals surface area contributed by atoms with Gasteiger partial charge in [-0.15, -0.1) is 11.8 Å². The molecule has 0 spiro atoms. The van der Waals surface area contributed by atoms with Gasteiger partial charge in [-0.1, -0.05) is 0 Å². The molecule has 0 radical (unpaired) electrons. The van der Waals surface area contributed by atoms with Crippen molar-refractivity contribution in [3.8, 4) is 0 Å². The summed E-state index contributed by atoms with van der Waals surface area (Å²) in [5.74, 6) is 1.77. The summed E-state index contributed by atoms with van der Waals surface area (Å²) in [6, 6.07) is 13.1. The highest BCUT2D eigenvalue weighted by Crippen LogP contribution is 2.29. The van der Waals surface area contributed by atoms with Gasteiger partial charge in [-0.3, -0.25) is 4.90 Å². The Morgan fingerprint density at radius 3 is 2.77 bits per heavy atom. The number of fused-ring (bicyclic) bond motifs is 2. The van der Waals surface area contributed by atoms with Crippen LogP contribution in [0.15, 0.2) is 52.0 Å². The topological polar surface area (TPSA) is 48.7 Å². The summed E-state index contributed by atoms with van der Waals surface area (Å²) in [5.41, 5.74) is 0.847. The van der Waals surface area contributed by atoms with Gasteiger partial charge in [-0.25, -0.2) is 4.79 Å². The van der Waals surface area contributed by atoms with E-state index in [9.17, 15) is 4.79 Å². The van der Waals surface area contributed by atoms with E-state index < -0.39 is 0 Å². The molecule has 2 aliphatic heterocycles. The molecule has 1 aromatic heterocycles. The summed E-state index contributed by atoms with van der Waals surface area (Å²) in [6.07, 6.45) is 5.24. The number of likely N-dealkylation sites (tertiary alicyclic amines) is 1. The summed E-state index contributed by atoms with van der Waals surface area (Å²) in [6.45, 7) is 1.67. The van der Waals surface area contributed by atoms with E-state index in [1.807, 2.05) is 41.3 Å². The number of urea groups is 1. The van der Waals surface area contributed by atoms with Crippen LogP contribution in [0, 0.1) is 0 Å². The molecule has 26 heavy (non-hydrogen) atoms. The average molecular weight is 372 g/mol. The molecule has 2 aromatic rings. The normalized spacial score (nSPS) is 23.0. The number of hydrogen-bond acceptors (Lipinski definition) is 4. The van der Waals surface area contributed by atoms with Crippen molar-refractivity contribution in [2.75, 3.05) is 25.5 Å². The van der Waals surface area contributed by atoms with E-state index in [4.69, 9.17) is 4.42 Å². The molecule has 2 bridgehead atoms. The van der Waals surface area contributed by atoms with E-state index in [1.165, 1.54) is 12.8 Å². The van der Waals surface area contributed by atoms with Gasteiger partial charge in [0.05, 0.1) is 12.0 Å². The Hall–Kier alpha value is -1.92. The number of furan rings is 1. The van der Waals surface area contributed by atoms with Crippen LogP contribution < -0.4 is 5.32 Å². The van der Waals surface area contributed by atoms with Gasteiger partial charge in [0.25, 0.3) is 0 Å². The van der Waals surface area contributed by atoms with E-state index in [0.29, 0.717) is 12.1 Å². The molecule has 1 aromatic carbocycles. The number of thioether (sulfide) groups is 1. The summed E-state index contributed by atoms with van der Waals surface area (Å²) >= 11 is 1.72. The van der Waals surface area contributed by atoms with Crippen LogP contribution in [0.1, 0.15) is 25.0 Å². The fraction of sp³-hybridized carbons (Fsp3) is 0.450. The second-order valence-electron chi connectivity index (χ2n) is 7.11. The first-order valence-corrected chi connectivity index (χ1v) is 10.2. The molecule has 0 unspecified atom stereocenters. The van der Waals surface area contributed by atoms with Crippen LogP contribution in [0.2, 0.25) is 0 Å². The maximum Gasteiger partial charge on any atom is 0.321 e. The number of carbonyl (C=O) groups is 1. The van der Waals surface area contributed by atoms with E-state index in [-0.39, 0.29) is 6.03 Å². The zero-order valence-corrected chi connectivity index (χ0v) is 15.9. The van der Waals surface area contributed by atoms with Crippen LogP contribution >= 0.6 is 11.8 Å². The molecule has 2 fully saturated rings. The molecule has 0 aliphatic carbocycles. The fourth-order valence-electron chi connectivity index (χ4n) is 3.88. The van der Waals surface area contributed by atoms with Gasteiger partial charge in [0.2, 0.25) is 0 Å². The summed E-state index contributed by atoms with van der Waals surface area (Å²) < 4.78 is 5.35. The first-order valence-electron chi connectivity index (χ1n) is 9.22. The number of rotatable bonds is 4. The molecule has 2 atom stereocenters. The van der Waals surface area contributed by atoms with E-state index >= 15 is 0 Å². The molecule has 3 heterocycles. The molecule has 2 saturated heterocycles. The van der Waals surface area contributed by atoms with Crippen LogP contribution in [0.5, 0.6) is 0 Å². The van der Waals surface area contributed by atoms with Crippen LogP contribution in [0.4, 0.5) is 10.5 Å². The molecule has 2 amide bonds. The number of carbonyl (C=O) groups excluding carboxylic acids is 1. The summed E-state index contributed by atoms with van der Waals surface area (Å²) in [4.78, 5) is 18.2. The van der Waals surface area contributed by atoms with E-state index in [2.05, 4.69) is 17.3 Å². The lowest BCUT2D eigenvalue weighted by atomic mass is 10.1. The predicted molar refractivity (Wildman–Crippen MR) is 104 cm³/mol. The average Bonchev–Trinajstić information content (AvgIpc) is 3.22. The minimum atomic E-state index is 0.0157. The van der Waals surface area contributed by atoms with Gasteiger partial charge in [-0.05, 0) is 62.7 Å². The van der Waals surface area contributed by atoms with Crippen molar-refractivity contribution >= 4 is 23.5 Å². The maximum absolute atomic E-state index is 12.6. The maximum atomic E-state index is 12.6. The first-order chi connectivity index (χ1) is 12.7. The van der Waals surface area contributed by atoms with Gasteiger partial charge in [-0.2, -0.15) is 0 Å². The Morgan fingerprint density at radius 1 is 1.19 bits per heavy atom. The van der Waals surface area contributed by atoms with Crippen LogP contribution in [0.3, 0.4) is 0 Å². The van der Waals surface area contributed by atoms with Crippen molar-refractivity contribution in [2.45, 2.75) is 42.0 Å². The number of nitrogens with one attached hydrogen (secondary N) is 1. The molecule has 4 rings (SSSR count). The Morgan fingerprint density at radius 2 is 2.00 bits per heavy atom. The van der Waals surface area contributed by atoms with Gasteiger partial charge in [0.15, 0.2) is 0 Å². The lowest BCUT2D eigenvalue weighted by Crippen LogP contribution is -2.41. The number of likely N-dealkylation sites (N-methyl/N-ethyl adjacent to an activating group) is 1. The number of amides is 2. The van der Waals surface area contributed by atoms with Crippen molar-refractivity contribution in [1.29, 1.82) is 0 Å². The minimum Gasteiger partial charge on any atom is -0.468 e. The zero-order chi connectivity index (χ0) is 17.9. The molecule has 138 valence electrons. The molecule has 5 nitrogen and oxygen atoms in total. The second-order valence-corrected chi connectivity index (χ2v) is 8.16. The Kier molecular flexibility index (Phi) is 5.22. The first kappa shape index (κ1) is 17.5. The number of benzene rings is 1. The van der Waals surface area contributed by atoms with Gasteiger partial charge in [0, 0.05) is 35.8 Å². The Labute approximate surface area is 158 Å². The number of hydrogen-bond donors (Lipinski definition) is 1. The summed E-state index contributed by atoms with van der Waals surface area (Å²) in [5, 5.41) is 3.05. The van der Waals surface area contributed by atoms with Crippen LogP contribution in [-0.2, 0) is 5.75 Å². The van der Waals surface area contributed by atoms with Crippen molar-refractivity contribution in [2.24, 2.45) is 0 Å². The highest BCUT2D eigenvalue weighted by atomic mass is 32.2. The lowest BCUT2D eigenvalue weighted by Gasteiger charge is -2.26. The number of nitrogens with zero attached hydrogens (tertiary/aromatic N) is 2. The van der Waals surface area contributed by atoms with Crippen molar-refractivity contribution in [3.63, 3.8) is 0 Å². The molecular formula is C20H25N3O2S. The highest BCUT2D eigenvalue weighted by molar-refractivity contribution is 7.98. The third-order valence-electron chi connectivity index (χ3n) is 5.50. The Balaban J connectivity index is 1.31. The van der Waals surface area contributed by atoms with Gasteiger partial charge >= 0.3 is 6.03 Å². The molecule has 1 N–H and O–H groups in total. The SMILES string of the molecule is CN1[C@@H]2CC[C@H]1CN(C(=O)Nc1ccc(SCc3ccco3)cc1)CC2. The standard InChI is InChI=1S/C20H25N3O2S/c1-22-16-6-7-17(22)13-23(11-10-16)20(24)21-15-4-8-19(9-5-15)26-14-18-3-2-12-25-18/h2-5,8-9,12,16-17H,6-7,10-11,13-14H2,1H3,(H,21,24)/t16-,17+/m1/s1. The fourth-order valence-corrected chi connectivity index (χ4v) is 4.68. The van der Waals surface area contributed by atoms with Crippen LogP contribution in [0.25, 0.3) is 0 Å². The monoisotopic (exact) mass is 371 g/mol. The van der Waals surface area contributed by atoms with Crippen LogP contribution in [-0.4, -0.2) is 48.1 Å². The highest BCUT2D eigenvalue weighted by Gasteiger charge is 2.35. The largest absolute Gasteiger partial charge is 0.468 e. The molecular weight excluding hydrogens is 346 g/mol. The molecule has 2 aliphatic rings.